The second-order valence-corrected chi connectivity index (χ2v) is 4.58. The molecule has 0 aliphatic carbocycles. The van der Waals surface area contributed by atoms with Crippen molar-refractivity contribution in [2.75, 3.05) is 0 Å². The van der Waals surface area contributed by atoms with E-state index in [1.54, 1.807) is 33.9 Å². The van der Waals surface area contributed by atoms with Gasteiger partial charge in [0.2, 0.25) is 0 Å². The van der Waals surface area contributed by atoms with Crippen LogP contribution >= 0.6 is 11.6 Å². The molecular weight excluding hydrogens is 281 g/mol. The number of imidazole rings is 1. The van der Waals surface area contributed by atoms with Gasteiger partial charge in [-0.1, -0.05) is 0 Å². The van der Waals surface area contributed by atoms with E-state index < -0.39 is 6.43 Å². The predicted molar refractivity (Wildman–Crippen MR) is 76.8 cm³/mol. The third kappa shape index (κ3) is 2.37. The summed E-state index contributed by atoms with van der Waals surface area (Å²) in [6, 6.07) is 1.44. The normalized spacial score (nSPS) is 10.7. The monoisotopic (exact) mass is 286 g/mol. The molecule has 0 amide bonds. The summed E-state index contributed by atoms with van der Waals surface area (Å²) in [6.07, 6.45) is -2.71. The van der Waals surface area contributed by atoms with Gasteiger partial charge in [-0.3, -0.25) is 0 Å². The van der Waals surface area contributed by atoms with Crippen molar-refractivity contribution >= 4 is 49.4 Å². The first-order valence-corrected chi connectivity index (χ1v) is 6.21. The SMILES string of the molecule is Cc1nc(Cl)cc(-n2c(C(F)F)nc3bbbbc32)n1. The summed E-state index contributed by atoms with van der Waals surface area (Å²) in [6.45, 7) is 8.53. The molecule has 0 bridgehead atoms. The molecular formula is C9H5B4ClF2N4. The topological polar surface area (TPSA) is 43.6 Å². The zero-order chi connectivity index (χ0) is 14.3. The molecule has 0 spiro atoms. The van der Waals surface area contributed by atoms with Gasteiger partial charge in [-0.05, 0) is 0 Å². The Balaban J connectivity index is 2.36. The molecule has 0 radical (unpaired) electrons. The van der Waals surface area contributed by atoms with Crippen LogP contribution in [0.1, 0.15) is 18.1 Å². The van der Waals surface area contributed by atoms with Gasteiger partial charge in [0.1, 0.15) is 0 Å². The molecule has 11 heteroatoms. The van der Waals surface area contributed by atoms with Crippen molar-refractivity contribution in [3.05, 3.63) is 22.9 Å². The van der Waals surface area contributed by atoms with Crippen molar-refractivity contribution in [3.8, 4) is 5.82 Å². The summed E-state index contributed by atoms with van der Waals surface area (Å²) < 4.78 is 27.7. The third-order valence-corrected chi connectivity index (χ3v) is 3.00. The minimum atomic E-state index is -2.71. The maximum atomic E-state index is 13.2. The number of hydrogen-bond donors (Lipinski definition) is 0. The van der Waals surface area contributed by atoms with Crippen LogP contribution in [0.4, 0.5) is 8.78 Å². The van der Waals surface area contributed by atoms with Gasteiger partial charge in [0.25, 0.3) is 0 Å². The van der Waals surface area contributed by atoms with Gasteiger partial charge in [-0.2, -0.15) is 0 Å². The van der Waals surface area contributed by atoms with Crippen LogP contribution < -0.4 is 0 Å². The van der Waals surface area contributed by atoms with Crippen LogP contribution in [0, 0.1) is 6.92 Å². The average Bonchev–Trinajstić information content (AvgIpc) is 2.77. The van der Waals surface area contributed by atoms with Gasteiger partial charge in [-0.25, -0.2) is 0 Å². The number of aryl methyl sites for hydroxylation is 1. The first kappa shape index (κ1) is 13.7. The van der Waals surface area contributed by atoms with Crippen LogP contribution in [0.15, 0.2) is 6.07 Å². The number of alkyl halides is 2. The summed E-state index contributed by atoms with van der Waals surface area (Å²) in [5.41, 5.74) is 1.03. The molecule has 0 saturated heterocycles. The summed E-state index contributed by atoms with van der Waals surface area (Å²) in [5.74, 6) is 0.331. The van der Waals surface area contributed by atoms with Gasteiger partial charge in [0, 0.05) is 0 Å². The molecule has 0 aliphatic heterocycles. The number of rotatable bonds is 2. The molecule has 0 N–H and O–H groups in total. The Labute approximate surface area is 120 Å². The van der Waals surface area contributed by atoms with Gasteiger partial charge in [0.15, 0.2) is 0 Å². The van der Waals surface area contributed by atoms with Crippen LogP contribution in [0.2, 0.25) is 5.15 Å². The first-order chi connectivity index (χ1) is 9.56. The van der Waals surface area contributed by atoms with Crippen molar-refractivity contribution in [3.63, 3.8) is 0 Å². The van der Waals surface area contributed by atoms with Gasteiger partial charge in [-0.15, -0.1) is 0 Å². The van der Waals surface area contributed by atoms with E-state index in [1.165, 1.54) is 10.6 Å². The van der Waals surface area contributed by atoms with E-state index in [9.17, 15) is 8.78 Å². The molecule has 94 valence electrons. The third-order valence-electron chi connectivity index (χ3n) is 2.80. The van der Waals surface area contributed by atoms with Crippen molar-refractivity contribution in [2.45, 2.75) is 13.3 Å². The Hall–Kier alpha value is -1.30. The van der Waals surface area contributed by atoms with Crippen molar-refractivity contribution < 1.29 is 8.78 Å². The fourth-order valence-corrected chi connectivity index (χ4v) is 2.28. The molecule has 20 heavy (non-hydrogen) atoms. The van der Waals surface area contributed by atoms with Crippen LogP contribution in [-0.4, -0.2) is 46.5 Å². The first-order valence-electron chi connectivity index (χ1n) is 5.83. The van der Waals surface area contributed by atoms with Crippen LogP contribution in [0.5, 0.6) is 0 Å². The molecule has 3 heterocycles. The Morgan fingerprint density at radius 3 is 2.65 bits per heavy atom. The molecule has 0 fully saturated rings. The zero-order valence-corrected chi connectivity index (χ0v) is 11.1. The van der Waals surface area contributed by atoms with Crippen LogP contribution in [-0.2, 0) is 0 Å². The number of fused-ring (bicyclic) bond motifs is 1. The van der Waals surface area contributed by atoms with Crippen LogP contribution in [0.3, 0.4) is 0 Å². The molecule has 4 nitrogen and oxygen atoms in total. The average molecular weight is 286 g/mol. The fourth-order valence-electron chi connectivity index (χ4n) is 2.06. The molecule has 0 unspecified atom stereocenters. The summed E-state index contributed by atoms with van der Waals surface area (Å²) in [7, 11) is 0. The molecule has 0 aliphatic rings. The number of hydrogen-bond acceptors (Lipinski definition) is 3. The van der Waals surface area contributed by atoms with E-state index in [0.29, 0.717) is 16.6 Å². The molecule has 0 atom stereocenters. The minimum absolute atomic E-state index is 0.200. The Morgan fingerprint density at radius 2 is 1.95 bits per heavy atom. The van der Waals surface area contributed by atoms with E-state index in [4.69, 9.17) is 11.6 Å². The van der Waals surface area contributed by atoms with E-state index in [-0.39, 0.29) is 16.8 Å². The van der Waals surface area contributed by atoms with Crippen molar-refractivity contribution in [1.29, 1.82) is 0 Å². The molecule has 0 saturated carbocycles. The second-order valence-electron chi connectivity index (χ2n) is 4.19. The number of nitrogens with zero attached hydrogens (tertiary/aromatic N) is 4. The summed E-state index contributed by atoms with van der Waals surface area (Å²) in [4.78, 5) is 12.1. The maximum absolute atomic E-state index is 13.2. The number of halogens is 3. The quantitative estimate of drug-likeness (QED) is 0.662. The molecule has 3 aromatic heterocycles. The predicted octanol–water partition coefficient (Wildman–Crippen LogP) is 1.07. The fraction of sp³-hybridized carbons (Fsp3) is 0.222. The van der Waals surface area contributed by atoms with Gasteiger partial charge >= 0.3 is 120 Å². The Bertz CT molecular complexity index is 776. The Kier molecular flexibility index (Phi) is 3.58. The Morgan fingerprint density at radius 1 is 1.20 bits per heavy atom. The summed E-state index contributed by atoms with van der Waals surface area (Å²) >= 11 is 5.88. The molecule has 3 aromatic rings. The van der Waals surface area contributed by atoms with Crippen LogP contribution in [0.25, 0.3) is 16.6 Å². The zero-order valence-electron chi connectivity index (χ0n) is 10.4. The molecule has 3 rings (SSSR count). The standard InChI is InChI=1S/C9H5B4ClF2N4/c1-3-17-4(14)2-5(18-3)20-7-6(10-12-13-11-7)19-9(20)8(15)16/h2,8H,1H3. The van der Waals surface area contributed by atoms with Crippen molar-refractivity contribution in [2.24, 2.45) is 0 Å². The second kappa shape index (κ2) is 5.24. The van der Waals surface area contributed by atoms with Gasteiger partial charge < -0.3 is 0 Å². The van der Waals surface area contributed by atoms with E-state index >= 15 is 0 Å². The number of aromatic nitrogens is 4. The van der Waals surface area contributed by atoms with E-state index in [1.807, 2.05) is 0 Å². The molecule has 0 aromatic carbocycles. The van der Waals surface area contributed by atoms with E-state index in [2.05, 4.69) is 15.0 Å². The van der Waals surface area contributed by atoms with Crippen molar-refractivity contribution in [1.82, 2.24) is 19.5 Å². The van der Waals surface area contributed by atoms with Gasteiger partial charge in [0.05, 0.1) is 0 Å². The summed E-state index contributed by atoms with van der Waals surface area (Å²) in [5, 5.41) is 0.200. The van der Waals surface area contributed by atoms with E-state index in [0.717, 1.165) is 0 Å².